The number of benzene rings is 2. The van der Waals surface area contributed by atoms with Gasteiger partial charge in [-0.2, -0.15) is 0 Å². The Bertz CT molecular complexity index is 1060. The number of hydrogen-bond donors (Lipinski definition) is 2. The lowest BCUT2D eigenvalue weighted by Crippen LogP contribution is -2.41. The molecule has 1 aliphatic rings. The van der Waals surface area contributed by atoms with Crippen LogP contribution in [0.1, 0.15) is 33.6 Å². The summed E-state index contributed by atoms with van der Waals surface area (Å²) in [7, 11) is 2.74. The summed E-state index contributed by atoms with van der Waals surface area (Å²) in [5, 5.41) is 5.75. The molecule has 0 saturated carbocycles. The average Bonchev–Trinajstić information content (AvgIpc) is 2.87. The quantitative estimate of drug-likeness (QED) is 0.580. The molecule has 0 bridgehead atoms. The predicted molar refractivity (Wildman–Crippen MR) is 126 cm³/mol. The van der Waals surface area contributed by atoms with Crippen LogP contribution in [0.15, 0.2) is 42.5 Å². The molecule has 1 heterocycles. The average molecular weight is 488 g/mol. The smallest absolute Gasteiger partial charge is 0.325 e. The highest BCUT2D eigenvalue weighted by molar-refractivity contribution is 6.31. The lowest BCUT2D eigenvalue weighted by atomic mass is 9.95. The number of piperidine rings is 1. The summed E-state index contributed by atoms with van der Waals surface area (Å²) >= 11 is 6.04. The van der Waals surface area contributed by atoms with Crippen LogP contribution in [0.4, 0.5) is 5.69 Å². The minimum Gasteiger partial charge on any atom is -0.496 e. The number of nitrogens with zero attached hydrogens (tertiary/aromatic N) is 1. The molecule has 0 radical (unpaired) electrons. The van der Waals surface area contributed by atoms with E-state index in [1.165, 1.54) is 14.2 Å². The molecule has 1 aliphatic heterocycles. The molecule has 2 aromatic rings. The summed E-state index contributed by atoms with van der Waals surface area (Å²) in [5.41, 5.74) is 1.30. The second-order valence-corrected chi connectivity index (χ2v) is 8.17. The van der Waals surface area contributed by atoms with Gasteiger partial charge in [0.15, 0.2) is 0 Å². The van der Waals surface area contributed by atoms with Gasteiger partial charge < -0.3 is 25.0 Å². The van der Waals surface area contributed by atoms with Crippen molar-refractivity contribution >= 4 is 41.0 Å². The van der Waals surface area contributed by atoms with Gasteiger partial charge in [0.2, 0.25) is 5.91 Å². The number of amides is 3. The van der Waals surface area contributed by atoms with Crippen LogP contribution in [-0.2, 0) is 14.3 Å². The van der Waals surface area contributed by atoms with E-state index in [2.05, 4.69) is 15.4 Å². The molecule has 3 amide bonds. The van der Waals surface area contributed by atoms with Crippen LogP contribution >= 0.6 is 11.6 Å². The van der Waals surface area contributed by atoms with Crippen LogP contribution in [0.2, 0.25) is 5.02 Å². The highest BCUT2D eigenvalue weighted by Gasteiger charge is 2.29. The summed E-state index contributed by atoms with van der Waals surface area (Å²) in [5.74, 6) is -1.08. The van der Waals surface area contributed by atoms with Crippen molar-refractivity contribution in [3.63, 3.8) is 0 Å². The molecule has 2 N–H and O–H groups in total. The van der Waals surface area contributed by atoms with E-state index in [-0.39, 0.29) is 24.3 Å². The molecular weight excluding hydrogens is 462 g/mol. The summed E-state index contributed by atoms with van der Waals surface area (Å²) in [6.07, 6.45) is 1.04. The van der Waals surface area contributed by atoms with Crippen molar-refractivity contribution in [1.82, 2.24) is 10.2 Å². The van der Waals surface area contributed by atoms with Crippen molar-refractivity contribution in [3.8, 4) is 5.75 Å². The van der Waals surface area contributed by atoms with E-state index >= 15 is 0 Å². The Morgan fingerprint density at radius 1 is 1.03 bits per heavy atom. The largest absolute Gasteiger partial charge is 0.496 e. The fourth-order valence-corrected chi connectivity index (χ4v) is 3.81. The maximum absolute atomic E-state index is 12.9. The first-order valence-electron chi connectivity index (χ1n) is 10.7. The number of nitrogens with one attached hydrogen (secondary N) is 2. The summed E-state index contributed by atoms with van der Waals surface area (Å²) in [6.45, 7) is 0.650. The maximum Gasteiger partial charge on any atom is 0.325 e. The lowest BCUT2D eigenvalue weighted by molar-refractivity contribution is -0.139. The zero-order chi connectivity index (χ0) is 24.7. The Morgan fingerprint density at radius 3 is 2.32 bits per heavy atom. The van der Waals surface area contributed by atoms with Crippen LogP contribution in [0.5, 0.6) is 5.75 Å². The number of likely N-dealkylation sites (tertiary alicyclic amines) is 1. The van der Waals surface area contributed by atoms with E-state index in [1.54, 1.807) is 47.4 Å². The van der Waals surface area contributed by atoms with Crippen LogP contribution in [0.25, 0.3) is 0 Å². The number of halogens is 1. The third-order valence-corrected chi connectivity index (χ3v) is 5.82. The summed E-state index contributed by atoms with van der Waals surface area (Å²) in [6, 6.07) is 11.3. The van der Waals surface area contributed by atoms with E-state index in [0.717, 1.165) is 0 Å². The number of rotatable bonds is 7. The number of ether oxygens (including phenoxy) is 2. The Balaban J connectivity index is 1.52. The summed E-state index contributed by atoms with van der Waals surface area (Å²) < 4.78 is 9.75. The molecule has 10 heteroatoms. The van der Waals surface area contributed by atoms with Gasteiger partial charge in [-0.25, -0.2) is 0 Å². The van der Waals surface area contributed by atoms with E-state index < -0.39 is 11.9 Å². The molecule has 0 spiro atoms. The molecule has 9 nitrogen and oxygen atoms in total. The van der Waals surface area contributed by atoms with Gasteiger partial charge in [0, 0.05) is 35.3 Å². The Labute approximate surface area is 202 Å². The second kappa shape index (κ2) is 11.5. The van der Waals surface area contributed by atoms with Gasteiger partial charge in [-0.15, -0.1) is 0 Å². The van der Waals surface area contributed by atoms with Gasteiger partial charge in [0.25, 0.3) is 11.8 Å². The van der Waals surface area contributed by atoms with Gasteiger partial charge in [0.1, 0.15) is 12.3 Å². The standard InChI is InChI=1S/C24H26ClN3O6/c1-33-20-8-5-17(25)13-19(20)24(32)28-11-9-16(10-12-28)23(31)27-18-6-3-15(4-7-18)22(30)26-14-21(29)34-2/h3-8,13,16H,9-12,14H2,1-2H3,(H,26,30)(H,27,31). The molecule has 1 fully saturated rings. The molecule has 180 valence electrons. The van der Waals surface area contributed by atoms with Crippen LogP contribution < -0.4 is 15.4 Å². The van der Waals surface area contributed by atoms with Gasteiger partial charge in [0.05, 0.1) is 19.8 Å². The molecule has 1 saturated heterocycles. The van der Waals surface area contributed by atoms with Crippen molar-refractivity contribution in [2.45, 2.75) is 12.8 Å². The molecule has 0 aromatic heterocycles. The molecule has 34 heavy (non-hydrogen) atoms. The zero-order valence-electron chi connectivity index (χ0n) is 18.9. The molecule has 2 aromatic carbocycles. The van der Waals surface area contributed by atoms with Gasteiger partial charge in [-0.3, -0.25) is 19.2 Å². The van der Waals surface area contributed by atoms with Crippen molar-refractivity contribution in [1.29, 1.82) is 0 Å². The molecule has 0 atom stereocenters. The fraction of sp³-hybridized carbons (Fsp3) is 0.333. The molecule has 0 aliphatic carbocycles. The van der Waals surface area contributed by atoms with Crippen molar-refractivity contribution < 1.29 is 28.7 Å². The van der Waals surface area contributed by atoms with Crippen LogP contribution in [-0.4, -0.2) is 62.4 Å². The van der Waals surface area contributed by atoms with Crippen LogP contribution in [0.3, 0.4) is 0 Å². The van der Waals surface area contributed by atoms with Gasteiger partial charge in [-0.1, -0.05) is 11.6 Å². The third-order valence-electron chi connectivity index (χ3n) is 5.58. The number of methoxy groups -OCH3 is 2. The van der Waals surface area contributed by atoms with Crippen molar-refractivity contribution in [2.24, 2.45) is 5.92 Å². The van der Waals surface area contributed by atoms with Gasteiger partial charge in [-0.05, 0) is 55.3 Å². The fourth-order valence-electron chi connectivity index (χ4n) is 3.64. The highest BCUT2D eigenvalue weighted by Crippen LogP contribution is 2.27. The molecule has 3 rings (SSSR count). The molecular formula is C24H26ClN3O6. The Kier molecular flexibility index (Phi) is 8.48. The second-order valence-electron chi connectivity index (χ2n) is 7.74. The zero-order valence-corrected chi connectivity index (χ0v) is 19.7. The monoisotopic (exact) mass is 487 g/mol. The SMILES string of the molecule is COC(=O)CNC(=O)c1ccc(NC(=O)C2CCN(C(=O)c3cc(Cl)ccc3OC)CC2)cc1. The number of carbonyl (C=O) groups excluding carboxylic acids is 4. The van der Waals surface area contributed by atoms with Crippen LogP contribution in [0, 0.1) is 5.92 Å². The van der Waals surface area contributed by atoms with E-state index in [4.69, 9.17) is 16.3 Å². The lowest BCUT2D eigenvalue weighted by Gasteiger charge is -2.31. The normalized spacial score (nSPS) is 13.7. The Hall–Kier alpha value is -3.59. The van der Waals surface area contributed by atoms with E-state index in [9.17, 15) is 19.2 Å². The minimum atomic E-state index is -0.545. The predicted octanol–water partition coefficient (Wildman–Crippen LogP) is 2.74. The van der Waals surface area contributed by atoms with Crippen molar-refractivity contribution in [2.75, 3.05) is 39.2 Å². The number of anilines is 1. The van der Waals surface area contributed by atoms with E-state index in [0.29, 0.717) is 53.5 Å². The number of carbonyl (C=O) groups is 4. The first kappa shape index (κ1) is 25.0. The van der Waals surface area contributed by atoms with Crippen molar-refractivity contribution in [3.05, 3.63) is 58.6 Å². The number of esters is 1. The first-order valence-corrected chi connectivity index (χ1v) is 11.1. The van der Waals surface area contributed by atoms with Gasteiger partial charge >= 0.3 is 5.97 Å². The summed E-state index contributed by atoms with van der Waals surface area (Å²) in [4.78, 5) is 50.5. The third kappa shape index (κ3) is 6.26. The first-order chi connectivity index (χ1) is 16.3. The Morgan fingerprint density at radius 2 is 1.71 bits per heavy atom. The topological polar surface area (TPSA) is 114 Å². The maximum atomic E-state index is 12.9. The number of hydrogen-bond acceptors (Lipinski definition) is 6. The minimum absolute atomic E-state index is 0.143. The van der Waals surface area contributed by atoms with E-state index in [1.807, 2.05) is 0 Å². The highest BCUT2D eigenvalue weighted by atomic mass is 35.5. The molecule has 0 unspecified atom stereocenters.